The molecule has 1 saturated heterocycles. The van der Waals surface area contributed by atoms with Crippen LogP contribution in [0.1, 0.15) is 25.8 Å². The highest BCUT2D eigenvalue weighted by atomic mass is 35.5. The third-order valence-corrected chi connectivity index (χ3v) is 4.08. The lowest BCUT2D eigenvalue weighted by Crippen LogP contribution is -2.29. The van der Waals surface area contributed by atoms with E-state index in [9.17, 15) is 0 Å². The van der Waals surface area contributed by atoms with Crippen molar-refractivity contribution in [1.29, 1.82) is 0 Å². The van der Waals surface area contributed by atoms with Gasteiger partial charge in [-0.25, -0.2) is 0 Å². The topological polar surface area (TPSA) is 38.5 Å². The maximum atomic E-state index is 6.21. The number of hydrogen-bond acceptors (Lipinski definition) is 3. The lowest BCUT2D eigenvalue weighted by atomic mass is 10.0. The molecule has 1 aromatic rings. The van der Waals surface area contributed by atoms with Crippen LogP contribution in [0.4, 0.5) is 0 Å². The lowest BCUT2D eigenvalue weighted by Gasteiger charge is -2.20. The summed E-state index contributed by atoms with van der Waals surface area (Å²) in [6, 6.07) is 6.23. The van der Waals surface area contributed by atoms with Gasteiger partial charge in [-0.1, -0.05) is 23.7 Å². The molecule has 0 amide bonds. The molecule has 0 saturated carbocycles. The van der Waals surface area contributed by atoms with Crippen molar-refractivity contribution in [1.82, 2.24) is 4.90 Å². The number of benzene rings is 1. The molecule has 0 aliphatic carbocycles. The number of ether oxygens (including phenoxy) is 1. The van der Waals surface area contributed by atoms with Gasteiger partial charge in [-0.15, -0.1) is 12.4 Å². The second-order valence-electron chi connectivity index (χ2n) is 5.30. The third kappa shape index (κ3) is 4.26. The van der Waals surface area contributed by atoms with Gasteiger partial charge in [-0.2, -0.15) is 0 Å². The van der Waals surface area contributed by atoms with Gasteiger partial charge in [0, 0.05) is 24.7 Å². The van der Waals surface area contributed by atoms with Crippen LogP contribution in [-0.4, -0.2) is 30.6 Å². The van der Waals surface area contributed by atoms with E-state index in [4.69, 9.17) is 22.1 Å². The Bertz CT molecular complexity index is 426. The van der Waals surface area contributed by atoms with E-state index in [2.05, 4.69) is 17.9 Å². The second kappa shape index (κ2) is 8.08. The maximum absolute atomic E-state index is 6.21. The van der Waals surface area contributed by atoms with Crippen LogP contribution in [-0.2, 0) is 6.54 Å². The molecule has 3 nitrogen and oxygen atoms in total. The zero-order valence-corrected chi connectivity index (χ0v) is 13.7. The maximum Gasteiger partial charge on any atom is 0.142 e. The van der Waals surface area contributed by atoms with Gasteiger partial charge in [0.25, 0.3) is 0 Å². The molecule has 1 aliphatic rings. The molecule has 114 valence electrons. The zero-order valence-electron chi connectivity index (χ0n) is 12.1. The Morgan fingerprint density at radius 2 is 2.25 bits per heavy atom. The van der Waals surface area contributed by atoms with Gasteiger partial charge in [0.15, 0.2) is 0 Å². The van der Waals surface area contributed by atoms with Crippen LogP contribution in [0.2, 0.25) is 5.02 Å². The van der Waals surface area contributed by atoms with Gasteiger partial charge in [0.2, 0.25) is 0 Å². The average Bonchev–Trinajstić information content (AvgIpc) is 2.82. The van der Waals surface area contributed by atoms with Gasteiger partial charge >= 0.3 is 0 Å². The van der Waals surface area contributed by atoms with Gasteiger partial charge in [-0.3, -0.25) is 4.90 Å². The highest BCUT2D eigenvalue weighted by Crippen LogP contribution is 2.31. The zero-order chi connectivity index (χ0) is 13.8. The molecule has 1 aromatic carbocycles. The molecule has 2 unspecified atom stereocenters. The first kappa shape index (κ1) is 17.6. The molecule has 2 atom stereocenters. The van der Waals surface area contributed by atoms with Crippen LogP contribution < -0.4 is 10.5 Å². The van der Waals surface area contributed by atoms with Crippen molar-refractivity contribution < 1.29 is 4.74 Å². The Kier molecular flexibility index (Phi) is 7.10. The largest absolute Gasteiger partial charge is 0.492 e. The summed E-state index contributed by atoms with van der Waals surface area (Å²) >= 11 is 6.21. The monoisotopic (exact) mass is 318 g/mol. The van der Waals surface area contributed by atoms with Crippen molar-refractivity contribution >= 4 is 24.0 Å². The fourth-order valence-electron chi connectivity index (χ4n) is 2.66. The summed E-state index contributed by atoms with van der Waals surface area (Å²) in [5.41, 5.74) is 7.15. The van der Waals surface area contributed by atoms with E-state index in [-0.39, 0.29) is 18.4 Å². The predicted molar refractivity (Wildman–Crippen MR) is 86.9 cm³/mol. The van der Waals surface area contributed by atoms with Crippen molar-refractivity contribution in [2.75, 3.05) is 19.7 Å². The molecule has 0 aromatic heterocycles. The molecule has 0 bridgehead atoms. The first-order valence-corrected chi connectivity index (χ1v) is 7.37. The van der Waals surface area contributed by atoms with E-state index in [0.717, 1.165) is 25.4 Å². The fourth-order valence-corrected chi connectivity index (χ4v) is 2.91. The quantitative estimate of drug-likeness (QED) is 0.905. The van der Waals surface area contributed by atoms with Crippen LogP contribution in [0.15, 0.2) is 18.2 Å². The first-order chi connectivity index (χ1) is 9.11. The molecule has 20 heavy (non-hydrogen) atoms. The van der Waals surface area contributed by atoms with Crippen molar-refractivity contribution in [3.63, 3.8) is 0 Å². The van der Waals surface area contributed by atoms with E-state index in [0.29, 0.717) is 17.5 Å². The molecular formula is C15H24Cl2N2O. The molecular weight excluding hydrogens is 295 g/mol. The Morgan fingerprint density at radius 1 is 1.50 bits per heavy atom. The minimum atomic E-state index is 0. The van der Waals surface area contributed by atoms with Crippen molar-refractivity contribution in [2.24, 2.45) is 11.7 Å². The van der Waals surface area contributed by atoms with Gasteiger partial charge in [-0.05, 0) is 38.8 Å². The van der Waals surface area contributed by atoms with Crippen molar-refractivity contribution in [3.05, 3.63) is 28.8 Å². The SMILES string of the molecule is CCOc1c(Cl)cccc1CN1CCC(C(C)N)C1.Cl. The molecule has 1 fully saturated rings. The molecule has 1 heterocycles. The fraction of sp³-hybridized carbons (Fsp3) is 0.600. The number of halogens is 2. The van der Waals surface area contributed by atoms with Crippen LogP contribution >= 0.6 is 24.0 Å². The smallest absolute Gasteiger partial charge is 0.142 e. The Hall–Kier alpha value is -0.480. The summed E-state index contributed by atoms with van der Waals surface area (Å²) in [6.07, 6.45) is 1.18. The van der Waals surface area contributed by atoms with Gasteiger partial charge in [0.1, 0.15) is 5.75 Å². The summed E-state index contributed by atoms with van der Waals surface area (Å²) in [4.78, 5) is 2.43. The number of likely N-dealkylation sites (tertiary alicyclic amines) is 1. The summed E-state index contributed by atoms with van der Waals surface area (Å²) in [5.74, 6) is 1.44. The van der Waals surface area contributed by atoms with E-state index in [1.165, 1.54) is 12.0 Å². The lowest BCUT2D eigenvalue weighted by molar-refractivity contribution is 0.292. The van der Waals surface area contributed by atoms with E-state index in [1.54, 1.807) is 0 Å². The number of nitrogens with two attached hydrogens (primary N) is 1. The predicted octanol–water partition coefficient (Wildman–Crippen LogP) is 3.33. The first-order valence-electron chi connectivity index (χ1n) is 7.00. The standard InChI is InChI=1S/C15H23ClN2O.ClH/c1-3-19-15-13(5-4-6-14(15)16)10-18-8-7-12(9-18)11(2)17;/h4-6,11-12H,3,7-10,17H2,1-2H3;1H. The third-order valence-electron chi connectivity index (χ3n) is 3.78. The summed E-state index contributed by atoms with van der Waals surface area (Å²) < 4.78 is 5.67. The van der Waals surface area contributed by atoms with E-state index in [1.807, 2.05) is 19.1 Å². The summed E-state index contributed by atoms with van der Waals surface area (Å²) in [7, 11) is 0. The van der Waals surface area contributed by atoms with Crippen LogP contribution in [0.25, 0.3) is 0 Å². The highest BCUT2D eigenvalue weighted by molar-refractivity contribution is 6.32. The molecule has 0 radical (unpaired) electrons. The van der Waals surface area contributed by atoms with Crippen LogP contribution in [0.5, 0.6) is 5.75 Å². The Morgan fingerprint density at radius 3 is 2.85 bits per heavy atom. The molecule has 5 heteroatoms. The number of rotatable bonds is 5. The average molecular weight is 319 g/mol. The minimum absolute atomic E-state index is 0. The molecule has 0 spiro atoms. The molecule has 1 aliphatic heterocycles. The Balaban J connectivity index is 0.00000200. The number of nitrogens with zero attached hydrogens (tertiary/aromatic N) is 1. The van der Waals surface area contributed by atoms with Crippen molar-refractivity contribution in [2.45, 2.75) is 32.9 Å². The highest BCUT2D eigenvalue weighted by Gasteiger charge is 2.25. The minimum Gasteiger partial charge on any atom is -0.492 e. The number of hydrogen-bond donors (Lipinski definition) is 1. The summed E-state index contributed by atoms with van der Waals surface area (Å²) in [6.45, 7) is 7.77. The second-order valence-corrected chi connectivity index (χ2v) is 5.71. The van der Waals surface area contributed by atoms with Crippen LogP contribution in [0, 0.1) is 5.92 Å². The van der Waals surface area contributed by atoms with Gasteiger partial charge < -0.3 is 10.5 Å². The van der Waals surface area contributed by atoms with Gasteiger partial charge in [0.05, 0.1) is 11.6 Å². The molecule has 2 rings (SSSR count). The van der Waals surface area contributed by atoms with Crippen LogP contribution in [0.3, 0.4) is 0 Å². The van der Waals surface area contributed by atoms with Crippen molar-refractivity contribution in [3.8, 4) is 5.75 Å². The molecule has 2 N–H and O–H groups in total. The normalized spacial score (nSPS) is 20.5. The number of para-hydroxylation sites is 1. The summed E-state index contributed by atoms with van der Waals surface area (Å²) in [5, 5.41) is 0.697. The van der Waals surface area contributed by atoms with E-state index < -0.39 is 0 Å². The van der Waals surface area contributed by atoms with E-state index >= 15 is 0 Å². The Labute approximate surface area is 132 Å².